The van der Waals surface area contributed by atoms with Crippen LogP contribution < -0.4 is 15.4 Å². The predicted molar refractivity (Wildman–Crippen MR) is 197 cm³/mol. The van der Waals surface area contributed by atoms with Gasteiger partial charge in [0.2, 0.25) is 5.91 Å². The molecule has 0 aliphatic rings. The van der Waals surface area contributed by atoms with Gasteiger partial charge in [0.05, 0.1) is 11.5 Å². The van der Waals surface area contributed by atoms with Crippen LogP contribution in [0.5, 0.6) is 5.75 Å². The fourth-order valence-electron chi connectivity index (χ4n) is 5.12. The molecule has 2 heterocycles. The average Bonchev–Trinajstić information content (AvgIpc) is 3.59. The number of carbonyl (C=O) groups excluding carboxylic acids is 2. The number of likely N-dealkylation sites (N-methyl/N-ethyl adjacent to an activating group) is 1. The highest BCUT2D eigenvalue weighted by atomic mass is 32.1. The van der Waals surface area contributed by atoms with Gasteiger partial charge in [-0.1, -0.05) is 89.8 Å². The summed E-state index contributed by atoms with van der Waals surface area (Å²) < 4.78 is 5.90. The molecule has 0 aliphatic heterocycles. The Morgan fingerprint density at radius 3 is 2.15 bits per heavy atom. The molecule has 48 heavy (non-hydrogen) atoms. The number of carbonyl (C=O) groups is 2. The Balaban J connectivity index is 1.38. The van der Waals surface area contributed by atoms with Gasteiger partial charge in [-0.3, -0.25) is 9.59 Å². The van der Waals surface area contributed by atoms with Crippen LogP contribution in [0, 0.1) is 0 Å². The zero-order valence-corrected chi connectivity index (χ0v) is 30.2. The minimum Gasteiger partial charge on any atom is -0.494 e. The summed E-state index contributed by atoms with van der Waals surface area (Å²) in [6, 6.07) is 19.0. The lowest BCUT2D eigenvalue weighted by Gasteiger charge is -2.19. The number of nitrogens with zero attached hydrogens (tertiary/aromatic N) is 3. The number of nitrogens with one attached hydrogen (secondary N) is 2. The van der Waals surface area contributed by atoms with Crippen molar-refractivity contribution in [2.75, 3.05) is 33.8 Å². The van der Waals surface area contributed by atoms with E-state index in [1.807, 2.05) is 92.1 Å². The summed E-state index contributed by atoms with van der Waals surface area (Å²) >= 11 is 1.46. The molecule has 0 saturated heterocycles. The van der Waals surface area contributed by atoms with E-state index in [4.69, 9.17) is 4.74 Å². The Hall–Kier alpha value is -4.08. The number of rotatable bonds is 17. The molecule has 1 atom stereocenters. The zero-order chi connectivity index (χ0) is 34.5. The van der Waals surface area contributed by atoms with Crippen molar-refractivity contribution >= 4 is 23.2 Å². The molecule has 0 spiro atoms. The molecule has 2 aromatic heterocycles. The molecule has 0 fully saturated rings. The SMILES string of the molecule is CCCCCCCOc1ccc(-c2cnc(-c3ccc(C[C@H](NC(=O)c4ccc(C(C)(C)C)s4)C(=O)NCCN(C)C)cc3)nc2)cc1. The highest BCUT2D eigenvalue weighted by molar-refractivity contribution is 7.14. The number of aromatic nitrogens is 2. The van der Waals surface area contributed by atoms with Gasteiger partial charge in [0, 0.05) is 47.9 Å². The topological polar surface area (TPSA) is 96.4 Å². The zero-order valence-electron chi connectivity index (χ0n) is 29.3. The second kappa shape index (κ2) is 17.9. The molecule has 0 bridgehead atoms. The quantitative estimate of drug-likeness (QED) is 0.113. The largest absolute Gasteiger partial charge is 0.494 e. The van der Waals surface area contributed by atoms with Crippen molar-refractivity contribution in [2.24, 2.45) is 0 Å². The monoisotopic (exact) mass is 669 g/mol. The van der Waals surface area contributed by atoms with Gasteiger partial charge in [-0.2, -0.15) is 0 Å². The first-order chi connectivity index (χ1) is 23.0. The van der Waals surface area contributed by atoms with Crippen LogP contribution in [-0.4, -0.2) is 66.5 Å². The summed E-state index contributed by atoms with van der Waals surface area (Å²) in [5, 5.41) is 5.97. The molecule has 2 amide bonds. The summed E-state index contributed by atoms with van der Waals surface area (Å²) in [6.07, 6.45) is 10.1. The highest BCUT2D eigenvalue weighted by Crippen LogP contribution is 2.29. The molecule has 0 unspecified atom stereocenters. The Morgan fingerprint density at radius 2 is 1.52 bits per heavy atom. The normalized spacial score (nSPS) is 12.1. The van der Waals surface area contributed by atoms with Crippen LogP contribution >= 0.6 is 11.3 Å². The van der Waals surface area contributed by atoms with Crippen molar-refractivity contribution < 1.29 is 14.3 Å². The Labute approximate surface area is 290 Å². The number of hydrogen-bond acceptors (Lipinski definition) is 7. The highest BCUT2D eigenvalue weighted by Gasteiger charge is 2.24. The van der Waals surface area contributed by atoms with Crippen molar-refractivity contribution in [3.8, 4) is 28.3 Å². The Bertz CT molecular complexity index is 1580. The van der Waals surface area contributed by atoms with Crippen molar-refractivity contribution in [3.63, 3.8) is 0 Å². The van der Waals surface area contributed by atoms with Gasteiger partial charge in [-0.25, -0.2) is 9.97 Å². The maximum atomic E-state index is 13.2. The predicted octanol–water partition coefficient (Wildman–Crippen LogP) is 7.54. The number of thiophene rings is 1. The van der Waals surface area contributed by atoms with Crippen molar-refractivity contribution in [1.82, 2.24) is 25.5 Å². The van der Waals surface area contributed by atoms with E-state index in [0.29, 0.717) is 30.2 Å². The van der Waals surface area contributed by atoms with Gasteiger partial charge in [-0.15, -0.1) is 11.3 Å². The fourth-order valence-corrected chi connectivity index (χ4v) is 6.09. The Morgan fingerprint density at radius 1 is 0.854 bits per heavy atom. The molecule has 9 heteroatoms. The molecule has 8 nitrogen and oxygen atoms in total. The van der Waals surface area contributed by atoms with Gasteiger partial charge in [-0.05, 0) is 61.3 Å². The molecule has 0 saturated carbocycles. The average molecular weight is 670 g/mol. The number of hydrogen-bond donors (Lipinski definition) is 2. The number of unbranched alkanes of at least 4 members (excludes halogenated alkanes) is 4. The van der Waals surface area contributed by atoms with Crippen molar-refractivity contribution in [1.29, 1.82) is 0 Å². The second-order valence-corrected chi connectivity index (χ2v) is 14.6. The van der Waals surface area contributed by atoms with E-state index < -0.39 is 6.04 Å². The van der Waals surface area contributed by atoms with Gasteiger partial charge in [0.1, 0.15) is 11.8 Å². The van der Waals surface area contributed by atoms with Crippen LogP contribution in [0.3, 0.4) is 0 Å². The molecule has 2 aromatic carbocycles. The molecule has 4 rings (SSSR count). The third-order valence-electron chi connectivity index (χ3n) is 8.06. The van der Waals surface area contributed by atoms with E-state index in [1.54, 1.807) is 0 Å². The molecule has 2 N–H and O–H groups in total. The van der Waals surface area contributed by atoms with Gasteiger partial charge in [0.25, 0.3) is 5.91 Å². The van der Waals surface area contributed by atoms with Crippen LogP contribution in [0.25, 0.3) is 22.5 Å². The van der Waals surface area contributed by atoms with Crippen LogP contribution in [-0.2, 0) is 16.6 Å². The number of ether oxygens (including phenoxy) is 1. The van der Waals surface area contributed by atoms with Gasteiger partial charge >= 0.3 is 0 Å². The molecular weight excluding hydrogens is 619 g/mol. The lowest BCUT2D eigenvalue weighted by Crippen LogP contribution is -2.49. The molecule has 0 aliphatic carbocycles. The maximum Gasteiger partial charge on any atom is 0.262 e. The molecule has 256 valence electrons. The number of benzene rings is 2. The minimum absolute atomic E-state index is 0.0499. The molecule has 0 radical (unpaired) electrons. The molecular formula is C39H51N5O3S. The van der Waals surface area contributed by atoms with Crippen LogP contribution in [0.15, 0.2) is 73.1 Å². The first kappa shape index (κ1) is 36.8. The lowest BCUT2D eigenvalue weighted by molar-refractivity contribution is -0.123. The standard InChI is InChI=1S/C39H51N5O3S/c1-7-8-9-10-11-24-47-32-18-16-29(17-19-32)31-26-41-36(42-27-31)30-14-12-28(13-15-30)25-33(37(45)40-22-23-44(5)6)43-38(46)34-20-21-35(48-34)39(2,3)4/h12-21,26-27,33H,7-11,22-25H2,1-6H3,(H,40,45)(H,43,46)/t33-/m0/s1. The van der Waals surface area contributed by atoms with E-state index in [9.17, 15) is 9.59 Å². The van der Waals surface area contributed by atoms with Gasteiger partial charge in [0.15, 0.2) is 5.82 Å². The third-order valence-corrected chi connectivity index (χ3v) is 9.57. The fraction of sp³-hybridized carbons (Fsp3) is 0.436. The summed E-state index contributed by atoms with van der Waals surface area (Å²) in [6.45, 7) is 10.5. The summed E-state index contributed by atoms with van der Waals surface area (Å²) in [7, 11) is 3.91. The smallest absolute Gasteiger partial charge is 0.262 e. The molecule has 4 aromatic rings. The van der Waals surface area contributed by atoms with Crippen LogP contribution in [0.4, 0.5) is 0 Å². The lowest BCUT2D eigenvalue weighted by atomic mass is 9.95. The van der Waals surface area contributed by atoms with Crippen LogP contribution in [0.1, 0.15) is 79.9 Å². The van der Waals surface area contributed by atoms with Crippen molar-refractivity contribution in [3.05, 3.63) is 88.4 Å². The minimum atomic E-state index is -0.719. The van der Waals surface area contributed by atoms with Gasteiger partial charge < -0.3 is 20.3 Å². The summed E-state index contributed by atoms with van der Waals surface area (Å²) in [4.78, 5) is 39.4. The maximum absolute atomic E-state index is 13.2. The van der Waals surface area contributed by atoms with Crippen LogP contribution in [0.2, 0.25) is 0 Å². The first-order valence-corrected chi connectivity index (χ1v) is 17.8. The van der Waals surface area contributed by atoms with E-state index in [-0.39, 0.29) is 17.2 Å². The summed E-state index contributed by atoms with van der Waals surface area (Å²) in [5.74, 6) is 1.05. The van der Waals surface area contributed by atoms with Crippen molar-refractivity contribution in [2.45, 2.75) is 77.7 Å². The van der Waals surface area contributed by atoms with E-state index >= 15 is 0 Å². The first-order valence-electron chi connectivity index (χ1n) is 17.0. The second-order valence-electron chi connectivity index (χ2n) is 13.5. The van der Waals surface area contributed by atoms with E-state index in [1.165, 1.54) is 37.0 Å². The van der Waals surface area contributed by atoms with E-state index in [0.717, 1.165) is 45.9 Å². The Kier molecular flexibility index (Phi) is 13.7. The summed E-state index contributed by atoms with van der Waals surface area (Å²) in [5.41, 5.74) is 3.71. The number of amides is 2. The third kappa shape index (κ3) is 11.3. The van der Waals surface area contributed by atoms with E-state index in [2.05, 4.69) is 48.3 Å².